The lowest BCUT2D eigenvalue weighted by Crippen LogP contribution is -2.49. The maximum Gasteiger partial charge on any atom is 0.249 e. The molecule has 0 saturated heterocycles. The second kappa shape index (κ2) is 7.58. The number of aliphatic hydroxyl groups excluding tert-OH is 1. The van der Waals surface area contributed by atoms with Crippen molar-refractivity contribution in [3.05, 3.63) is 60.2 Å². The van der Waals surface area contributed by atoms with Gasteiger partial charge in [0.05, 0.1) is 19.1 Å². The van der Waals surface area contributed by atoms with E-state index in [-0.39, 0.29) is 5.91 Å². The molecule has 136 valence electrons. The first-order valence-corrected chi connectivity index (χ1v) is 8.51. The van der Waals surface area contributed by atoms with Gasteiger partial charge in [0.1, 0.15) is 11.8 Å². The predicted molar refractivity (Wildman–Crippen MR) is 98.0 cm³/mol. The molecule has 0 aliphatic heterocycles. The summed E-state index contributed by atoms with van der Waals surface area (Å²) >= 11 is 0. The van der Waals surface area contributed by atoms with Gasteiger partial charge in [0.25, 0.3) is 0 Å². The minimum absolute atomic E-state index is 0.229. The third-order valence-electron chi connectivity index (χ3n) is 4.67. The van der Waals surface area contributed by atoms with Crippen molar-refractivity contribution < 1.29 is 19.4 Å². The van der Waals surface area contributed by atoms with Gasteiger partial charge in [-0.15, -0.1) is 0 Å². The molecule has 6 heteroatoms. The molecule has 3 rings (SSSR count). The number of anilines is 1. The number of rotatable bonds is 7. The van der Waals surface area contributed by atoms with Crippen molar-refractivity contribution in [1.29, 1.82) is 0 Å². The Hall–Kier alpha value is -2.86. The number of amides is 2. The van der Waals surface area contributed by atoms with Crippen LogP contribution in [0.2, 0.25) is 0 Å². The molecule has 2 aromatic rings. The Kier molecular flexibility index (Phi) is 5.23. The topological polar surface area (TPSA) is 87.7 Å². The molecule has 0 heterocycles. The van der Waals surface area contributed by atoms with Crippen molar-refractivity contribution in [2.24, 2.45) is 0 Å². The van der Waals surface area contributed by atoms with Crippen LogP contribution in [0.1, 0.15) is 18.4 Å². The number of hydrogen-bond donors (Lipinski definition) is 3. The third kappa shape index (κ3) is 3.70. The first-order valence-electron chi connectivity index (χ1n) is 8.51. The molecule has 2 aromatic carbocycles. The molecule has 6 nitrogen and oxygen atoms in total. The van der Waals surface area contributed by atoms with Crippen molar-refractivity contribution in [2.75, 3.05) is 19.0 Å². The van der Waals surface area contributed by atoms with Gasteiger partial charge >= 0.3 is 0 Å². The summed E-state index contributed by atoms with van der Waals surface area (Å²) in [7, 11) is 1.56. The highest BCUT2D eigenvalue weighted by Crippen LogP contribution is 2.48. The van der Waals surface area contributed by atoms with Crippen molar-refractivity contribution in [1.82, 2.24) is 5.32 Å². The van der Waals surface area contributed by atoms with Crippen LogP contribution in [-0.2, 0) is 15.0 Å². The zero-order chi connectivity index (χ0) is 18.6. The Bertz CT molecular complexity index is 770. The highest BCUT2D eigenvalue weighted by molar-refractivity contribution is 6.00. The quantitative estimate of drug-likeness (QED) is 0.708. The van der Waals surface area contributed by atoms with Crippen LogP contribution in [0, 0.1) is 0 Å². The minimum atomic E-state index is -1.01. The Morgan fingerprint density at radius 2 is 1.77 bits per heavy atom. The van der Waals surface area contributed by atoms with Crippen LogP contribution in [0.3, 0.4) is 0 Å². The number of benzene rings is 2. The predicted octanol–water partition coefficient (Wildman–Crippen LogP) is 1.84. The minimum Gasteiger partial charge on any atom is -0.497 e. The summed E-state index contributed by atoms with van der Waals surface area (Å²) in [6.45, 7) is -0.474. The average Bonchev–Trinajstić information content (AvgIpc) is 3.49. The number of nitrogens with one attached hydrogen (secondary N) is 2. The van der Waals surface area contributed by atoms with Gasteiger partial charge in [0, 0.05) is 5.69 Å². The van der Waals surface area contributed by atoms with Crippen LogP contribution < -0.4 is 15.4 Å². The Morgan fingerprint density at radius 1 is 1.12 bits per heavy atom. The van der Waals surface area contributed by atoms with Crippen LogP contribution in [0.5, 0.6) is 5.75 Å². The van der Waals surface area contributed by atoms with Gasteiger partial charge in [-0.3, -0.25) is 9.59 Å². The fourth-order valence-electron chi connectivity index (χ4n) is 2.92. The fraction of sp³-hybridized carbons (Fsp3) is 0.300. The maximum atomic E-state index is 12.7. The molecule has 26 heavy (non-hydrogen) atoms. The first-order chi connectivity index (χ1) is 12.6. The third-order valence-corrected chi connectivity index (χ3v) is 4.67. The summed E-state index contributed by atoms with van der Waals surface area (Å²) in [6.07, 6.45) is 1.47. The van der Waals surface area contributed by atoms with Gasteiger partial charge in [0.2, 0.25) is 11.8 Å². The van der Waals surface area contributed by atoms with E-state index in [0.29, 0.717) is 11.4 Å². The summed E-state index contributed by atoms with van der Waals surface area (Å²) in [4.78, 5) is 25.1. The lowest BCUT2D eigenvalue weighted by atomic mass is 9.94. The summed E-state index contributed by atoms with van der Waals surface area (Å²) in [5, 5.41) is 14.9. The van der Waals surface area contributed by atoms with E-state index >= 15 is 0 Å². The van der Waals surface area contributed by atoms with Crippen LogP contribution in [0.25, 0.3) is 0 Å². The molecule has 1 unspecified atom stereocenters. The number of carbonyl (C=O) groups is 2. The van der Waals surface area contributed by atoms with Crippen LogP contribution in [0.15, 0.2) is 54.6 Å². The molecular weight excluding hydrogens is 332 g/mol. The number of hydrogen-bond acceptors (Lipinski definition) is 4. The molecule has 1 saturated carbocycles. The van der Waals surface area contributed by atoms with Crippen molar-refractivity contribution in [2.45, 2.75) is 24.3 Å². The summed E-state index contributed by atoms with van der Waals surface area (Å²) in [5.74, 6) is -0.0175. The second-order valence-corrected chi connectivity index (χ2v) is 6.37. The monoisotopic (exact) mass is 354 g/mol. The normalized spacial score (nSPS) is 15.6. The fourth-order valence-corrected chi connectivity index (χ4v) is 2.92. The SMILES string of the molecule is COc1ccc(NC(=O)C(CO)NC(=O)C2(c3ccccc3)CC2)cc1. The summed E-state index contributed by atoms with van der Waals surface area (Å²) in [5.41, 5.74) is 0.909. The highest BCUT2D eigenvalue weighted by Gasteiger charge is 2.51. The molecular formula is C20H22N2O4. The number of carbonyl (C=O) groups excluding carboxylic acids is 2. The first kappa shape index (κ1) is 17.9. The van der Waals surface area contributed by atoms with E-state index in [4.69, 9.17) is 4.74 Å². The average molecular weight is 354 g/mol. The van der Waals surface area contributed by atoms with Gasteiger partial charge in [0.15, 0.2) is 0 Å². The van der Waals surface area contributed by atoms with Crippen molar-refractivity contribution in [3.63, 3.8) is 0 Å². The lowest BCUT2D eigenvalue weighted by Gasteiger charge is -2.21. The van der Waals surface area contributed by atoms with Gasteiger partial charge in [-0.1, -0.05) is 30.3 Å². The van der Waals surface area contributed by atoms with Crippen LogP contribution in [0.4, 0.5) is 5.69 Å². The van der Waals surface area contributed by atoms with E-state index in [1.807, 2.05) is 30.3 Å². The molecule has 1 aliphatic carbocycles. The largest absolute Gasteiger partial charge is 0.497 e. The maximum absolute atomic E-state index is 12.7. The Balaban J connectivity index is 1.65. The highest BCUT2D eigenvalue weighted by atomic mass is 16.5. The molecule has 1 atom stereocenters. The van der Waals surface area contributed by atoms with Crippen LogP contribution >= 0.6 is 0 Å². The van der Waals surface area contributed by atoms with E-state index in [0.717, 1.165) is 18.4 Å². The smallest absolute Gasteiger partial charge is 0.249 e. The molecule has 0 bridgehead atoms. The van der Waals surface area contributed by atoms with E-state index in [2.05, 4.69) is 10.6 Å². The standard InChI is InChI=1S/C20H22N2O4/c1-26-16-9-7-15(8-10-16)21-18(24)17(13-23)22-19(25)20(11-12-20)14-5-3-2-4-6-14/h2-10,17,23H,11-13H2,1H3,(H,21,24)(H,22,25). The van der Waals surface area contributed by atoms with Crippen molar-refractivity contribution >= 4 is 17.5 Å². The zero-order valence-electron chi connectivity index (χ0n) is 14.6. The lowest BCUT2D eigenvalue weighted by molar-refractivity contribution is -0.129. The summed E-state index contributed by atoms with van der Waals surface area (Å²) in [6, 6.07) is 15.3. The summed E-state index contributed by atoms with van der Waals surface area (Å²) < 4.78 is 5.07. The van der Waals surface area contributed by atoms with Gasteiger partial charge in [-0.25, -0.2) is 0 Å². The molecule has 1 fully saturated rings. The van der Waals surface area contributed by atoms with Gasteiger partial charge in [-0.2, -0.15) is 0 Å². The van der Waals surface area contributed by atoms with E-state index in [9.17, 15) is 14.7 Å². The molecule has 0 spiro atoms. The molecule has 0 radical (unpaired) electrons. The van der Waals surface area contributed by atoms with Gasteiger partial charge < -0.3 is 20.5 Å². The molecule has 3 N–H and O–H groups in total. The number of aliphatic hydroxyl groups is 1. The van der Waals surface area contributed by atoms with Crippen molar-refractivity contribution in [3.8, 4) is 5.75 Å². The number of methoxy groups -OCH3 is 1. The Labute approximate surface area is 152 Å². The van der Waals surface area contributed by atoms with Crippen LogP contribution in [-0.4, -0.2) is 36.7 Å². The number of ether oxygens (including phenoxy) is 1. The van der Waals surface area contributed by atoms with E-state index in [1.165, 1.54) is 0 Å². The van der Waals surface area contributed by atoms with E-state index < -0.39 is 24.0 Å². The Morgan fingerprint density at radius 3 is 2.31 bits per heavy atom. The molecule has 2 amide bonds. The molecule has 0 aromatic heterocycles. The second-order valence-electron chi connectivity index (χ2n) is 6.37. The van der Waals surface area contributed by atoms with Gasteiger partial charge in [-0.05, 0) is 42.7 Å². The molecule has 1 aliphatic rings. The zero-order valence-corrected chi connectivity index (χ0v) is 14.6. The van der Waals surface area contributed by atoms with E-state index in [1.54, 1.807) is 31.4 Å².